The number of aryl methyl sites for hydroxylation is 2. The van der Waals surface area contributed by atoms with Gasteiger partial charge in [0.1, 0.15) is 11.3 Å². The third-order valence-electron chi connectivity index (χ3n) is 7.39. The third-order valence-corrected chi connectivity index (χ3v) is 7.64. The molecule has 38 heavy (non-hydrogen) atoms. The molecule has 0 bridgehead atoms. The normalized spacial score (nSPS) is 16.8. The number of hydrogen-bond donors (Lipinski definition) is 0. The lowest BCUT2D eigenvalue weighted by Crippen LogP contribution is -2.39. The minimum atomic E-state index is -1.02. The summed E-state index contributed by atoms with van der Waals surface area (Å²) in [5, 5.41) is 0.748. The smallest absolute Gasteiger partial charge is 0.345 e. The third kappa shape index (κ3) is 6.21. The largest absolute Gasteiger partial charge is 0.452 e. The number of carbonyl (C=O) groups excluding carboxylic acids is 2. The second kappa shape index (κ2) is 11.2. The number of ether oxygens (including phenoxy) is 2. The van der Waals surface area contributed by atoms with Crippen LogP contribution in [0.4, 0.5) is 5.69 Å². The van der Waals surface area contributed by atoms with Crippen molar-refractivity contribution in [1.29, 1.82) is 0 Å². The van der Waals surface area contributed by atoms with E-state index in [2.05, 4.69) is 36.4 Å². The molecule has 0 N–H and O–H groups in total. The van der Waals surface area contributed by atoms with E-state index >= 15 is 0 Å². The van der Waals surface area contributed by atoms with Gasteiger partial charge in [-0.3, -0.25) is 4.79 Å². The minimum Gasteiger partial charge on any atom is -0.452 e. The van der Waals surface area contributed by atoms with E-state index in [1.54, 1.807) is 26.0 Å². The summed E-state index contributed by atoms with van der Waals surface area (Å²) in [7, 11) is 0. The van der Waals surface area contributed by atoms with Crippen molar-refractivity contribution in [2.24, 2.45) is 5.92 Å². The molecule has 0 unspecified atom stereocenters. The van der Waals surface area contributed by atoms with E-state index in [0.717, 1.165) is 49.1 Å². The highest BCUT2D eigenvalue weighted by Crippen LogP contribution is 2.36. The van der Waals surface area contributed by atoms with E-state index in [4.69, 9.17) is 21.1 Å². The quantitative estimate of drug-likeness (QED) is 0.296. The monoisotopic (exact) mass is 531 g/mol. The summed E-state index contributed by atoms with van der Waals surface area (Å²) >= 11 is 6.00. The summed E-state index contributed by atoms with van der Waals surface area (Å²) in [6, 6.07) is 21.8. The SMILES string of the molecule is CC1(C)OC(=O)c2cc(N(Cc3ccc(CCc4ccc(Cl)cc4)cc3)C(=O)C3CCCCC3)ccc2O1. The van der Waals surface area contributed by atoms with E-state index in [-0.39, 0.29) is 11.8 Å². The molecule has 2 aliphatic rings. The Bertz CT molecular complexity index is 1290. The minimum absolute atomic E-state index is 0.000524. The molecule has 3 aromatic rings. The maximum Gasteiger partial charge on any atom is 0.345 e. The first kappa shape index (κ1) is 26.3. The fourth-order valence-corrected chi connectivity index (χ4v) is 5.42. The van der Waals surface area contributed by atoms with Crippen molar-refractivity contribution in [1.82, 2.24) is 0 Å². The van der Waals surface area contributed by atoms with Crippen molar-refractivity contribution >= 4 is 29.2 Å². The molecular weight excluding hydrogens is 498 g/mol. The van der Waals surface area contributed by atoms with Crippen LogP contribution in [-0.2, 0) is 28.9 Å². The standard InChI is InChI=1S/C32H34ClNO4/c1-32(2)37-29-19-18-27(20-28(29)31(36)38-32)34(30(35)25-6-4-3-5-7-25)21-24-12-10-22(11-13-24)8-9-23-14-16-26(33)17-15-23/h10-20,25H,3-9,21H2,1-2H3. The predicted molar refractivity (Wildman–Crippen MR) is 150 cm³/mol. The Hall–Kier alpha value is -3.31. The zero-order valence-corrected chi connectivity index (χ0v) is 22.8. The fourth-order valence-electron chi connectivity index (χ4n) is 5.30. The van der Waals surface area contributed by atoms with Crippen LogP contribution in [0.3, 0.4) is 0 Å². The van der Waals surface area contributed by atoms with Gasteiger partial charge < -0.3 is 14.4 Å². The average molecular weight is 532 g/mol. The van der Waals surface area contributed by atoms with Gasteiger partial charge in [-0.1, -0.05) is 67.3 Å². The van der Waals surface area contributed by atoms with Gasteiger partial charge in [-0.15, -0.1) is 0 Å². The van der Waals surface area contributed by atoms with E-state index in [0.29, 0.717) is 23.5 Å². The maximum absolute atomic E-state index is 13.8. The Labute approximate surface area is 229 Å². The number of cyclic esters (lactones) is 1. The summed E-state index contributed by atoms with van der Waals surface area (Å²) < 4.78 is 11.3. The average Bonchev–Trinajstić information content (AvgIpc) is 2.91. The number of hydrogen-bond acceptors (Lipinski definition) is 4. The molecule has 5 nitrogen and oxygen atoms in total. The molecule has 0 saturated heterocycles. The number of fused-ring (bicyclic) bond motifs is 1. The van der Waals surface area contributed by atoms with Crippen LogP contribution in [0.15, 0.2) is 66.7 Å². The Morgan fingerprint density at radius 3 is 2.13 bits per heavy atom. The molecule has 1 fully saturated rings. The molecule has 0 atom stereocenters. The molecule has 3 aromatic carbocycles. The van der Waals surface area contributed by atoms with E-state index in [1.165, 1.54) is 17.5 Å². The number of anilines is 1. The van der Waals surface area contributed by atoms with E-state index < -0.39 is 11.8 Å². The predicted octanol–water partition coefficient (Wildman–Crippen LogP) is 7.52. The van der Waals surface area contributed by atoms with Crippen molar-refractivity contribution in [3.8, 4) is 5.75 Å². The van der Waals surface area contributed by atoms with Crippen LogP contribution in [0.1, 0.15) is 73.0 Å². The summed E-state index contributed by atoms with van der Waals surface area (Å²) in [5.74, 6) is -0.862. The fraction of sp³-hybridized carbons (Fsp3) is 0.375. The molecule has 6 heteroatoms. The van der Waals surface area contributed by atoms with Crippen LogP contribution in [0, 0.1) is 5.92 Å². The first-order valence-corrected chi connectivity index (χ1v) is 13.9. The topological polar surface area (TPSA) is 55.8 Å². The second-order valence-electron chi connectivity index (χ2n) is 10.8. The zero-order chi connectivity index (χ0) is 26.7. The zero-order valence-electron chi connectivity index (χ0n) is 22.0. The molecule has 1 aliphatic heterocycles. The van der Waals surface area contributed by atoms with Gasteiger partial charge in [0.05, 0.1) is 6.54 Å². The van der Waals surface area contributed by atoms with Gasteiger partial charge in [0.25, 0.3) is 0 Å². The van der Waals surface area contributed by atoms with Gasteiger partial charge in [-0.05, 0) is 72.7 Å². The first-order chi connectivity index (χ1) is 18.3. The highest BCUT2D eigenvalue weighted by Gasteiger charge is 2.35. The lowest BCUT2D eigenvalue weighted by molar-refractivity contribution is -0.127. The Morgan fingerprint density at radius 2 is 1.47 bits per heavy atom. The number of benzene rings is 3. The number of esters is 1. The van der Waals surface area contributed by atoms with Crippen LogP contribution in [-0.4, -0.2) is 17.7 Å². The molecule has 5 rings (SSSR count). The van der Waals surface area contributed by atoms with E-state index in [1.807, 2.05) is 23.1 Å². The molecule has 1 amide bonds. The molecule has 1 saturated carbocycles. The Kier molecular flexibility index (Phi) is 7.75. The van der Waals surface area contributed by atoms with E-state index in [9.17, 15) is 9.59 Å². The molecule has 1 heterocycles. The van der Waals surface area contributed by atoms with Crippen molar-refractivity contribution < 1.29 is 19.1 Å². The van der Waals surface area contributed by atoms with Gasteiger partial charge in [0.2, 0.25) is 11.7 Å². The Balaban J connectivity index is 1.36. The number of carbonyl (C=O) groups is 2. The number of rotatable bonds is 7. The van der Waals surface area contributed by atoms with Crippen molar-refractivity contribution in [2.75, 3.05) is 4.90 Å². The number of nitrogens with zero attached hydrogens (tertiary/aromatic N) is 1. The van der Waals surface area contributed by atoms with Crippen LogP contribution < -0.4 is 9.64 Å². The van der Waals surface area contributed by atoms with Gasteiger partial charge in [0, 0.05) is 30.5 Å². The summed E-state index contributed by atoms with van der Waals surface area (Å²) in [4.78, 5) is 28.3. The first-order valence-electron chi connectivity index (χ1n) is 13.5. The lowest BCUT2D eigenvalue weighted by Gasteiger charge is -2.33. The van der Waals surface area contributed by atoms with Crippen molar-refractivity contribution in [2.45, 2.75) is 71.1 Å². The molecule has 198 valence electrons. The van der Waals surface area contributed by atoms with Gasteiger partial charge in [-0.2, -0.15) is 0 Å². The maximum atomic E-state index is 13.8. The van der Waals surface area contributed by atoms with Crippen LogP contribution in [0.25, 0.3) is 0 Å². The summed E-state index contributed by atoms with van der Waals surface area (Å²) in [5.41, 5.74) is 4.57. The highest BCUT2D eigenvalue weighted by molar-refractivity contribution is 6.30. The summed E-state index contributed by atoms with van der Waals surface area (Å²) in [6.07, 6.45) is 7.01. The second-order valence-corrected chi connectivity index (χ2v) is 11.2. The van der Waals surface area contributed by atoms with Crippen molar-refractivity contribution in [3.05, 3.63) is 94.0 Å². The van der Waals surface area contributed by atoms with Gasteiger partial charge in [0.15, 0.2) is 0 Å². The van der Waals surface area contributed by atoms with Gasteiger partial charge in [-0.25, -0.2) is 4.79 Å². The molecule has 0 radical (unpaired) electrons. The molecular formula is C32H34ClNO4. The highest BCUT2D eigenvalue weighted by atomic mass is 35.5. The lowest BCUT2D eigenvalue weighted by atomic mass is 9.88. The van der Waals surface area contributed by atoms with Crippen LogP contribution in [0.2, 0.25) is 5.02 Å². The van der Waals surface area contributed by atoms with Crippen LogP contribution >= 0.6 is 11.6 Å². The molecule has 0 spiro atoms. The molecule has 1 aliphatic carbocycles. The number of amides is 1. The van der Waals surface area contributed by atoms with Crippen LogP contribution in [0.5, 0.6) is 5.75 Å². The summed E-state index contributed by atoms with van der Waals surface area (Å²) in [6.45, 7) is 3.85. The number of halogens is 1. The van der Waals surface area contributed by atoms with Gasteiger partial charge >= 0.3 is 5.97 Å². The molecule has 0 aromatic heterocycles. The Morgan fingerprint density at radius 1 is 0.868 bits per heavy atom. The van der Waals surface area contributed by atoms with Crippen molar-refractivity contribution in [3.63, 3.8) is 0 Å².